The fourth-order valence-corrected chi connectivity index (χ4v) is 4.23. The van der Waals surface area contributed by atoms with Crippen LogP contribution in [0.15, 0.2) is 24.3 Å². The lowest BCUT2D eigenvalue weighted by molar-refractivity contribution is 0.229. The Morgan fingerprint density at radius 3 is 2.52 bits per heavy atom. The van der Waals surface area contributed by atoms with Crippen LogP contribution in [0.4, 0.5) is 0 Å². The molecule has 0 spiro atoms. The molecule has 21 heavy (non-hydrogen) atoms. The summed E-state index contributed by atoms with van der Waals surface area (Å²) < 4.78 is 28.6. The third-order valence-corrected chi connectivity index (χ3v) is 5.56. The van der Waals surface area contributed by atoms with Crippen LogP contribution in [0.1, 0.15) is 44.7 Å². The molecular weight excluding hydrogens is 286 g/mol. The topological polar surface area (TPSA) is 55.4 Å². The molecule has 1 fully saturated rings. The van der Waals surface area contributed by atoms with Crippen LogP contribution < -0.4 is 10.1 Å². The van der Waals surface area contributed by atoms with Gasteiger partial charge in [-0.25, -0.2) is 8.42 Å². The molecule has 0 amide bonds. The van der Waals surface area contributed by atoms with Gasteiger partial charge in [0.1, 0.15) is 11.9 Å². The Kier molecular flexibility index (Phi) is 5.65. The number of sulfone groups is 1. The molecule has 118 valence electrons. The molecule has 2 atom stereocenters. The average molecular weight is 311 g/mol. The third kappa shape index (κ3) is 4.71. The van der Waals surface area contributed by atoms with Gasteiger partial charge in [-0.05, 0) is 43.5 Å². The van der Waals surface area contributed by atoms with Crippen molar-refractivity contribution in [3.8, 4) is 5.75 Å². The zero-order valence-electron chi connectivity index (χ0n) is 12.8. The fourth-order valence-electron chi connectivity index (χ4n) is 2.64. The molecule has 2 unspecified atom stereocenters. The van der Waals surface area contributed by atoms with Gasteiger partial charge in [0.2, 0.25) is 0 Å². The van der Waals surface area contributed by atoms with Crippen LogP contribution in [0, 0.1) is 0 Å². The molecule has 1 saturated heterocycles. The molecule has 5 heteroatoms. The summed E-state index contributed by atoms with van der Waals surface area (Å²) in [6, 6.07) is 8.38. The first-order chi connectivity index (χ1) is 10.0. The largest absolute Gasteiger partial charge is 0.489 e. The summed E-state index contributed by atoms with van der Waals surface area (Å²) in [5.74, 6) is 1.14. The number of hydrogen-bond acceptors (Lipinski definition) is 4. The van der Waals surface area contributed by atoms with Crippen molar-refractivity contribution in [3.63, 3.8) is 0 Å². The van der Waals surface area contributed by atoms with Gasteiger partial charge < -0.3 is 10.1 Å². The molecule has 1 heterocycles. The second-order valence-corrected chi connectivity index (χ2v) is 7.86. The molecule has 4 nitrogen and oxygen atoms in total. The predicted octanol–water partition coefficient (Wildman–Crippen LogP) is 2.70. The Hall–Kier alpha value is -1.07. The predicted molar refractivity (Wildman–Crippen MR) is 85.5 cm³/mol. The number of nitrogens with one attached hydrogen (secondary N) is 1. The van der Waals surface area contributed by atoms with Crippen molar-refractivity contribution >= 4 is 9.84 Å². The molecular formula is C16H25NO3S. The van der Waals surface area contributed by atoms with E-state index in [0.717, 1.165) is 25.1 Å². The third-order valence-electron chi connectivity index (χ3n) is 3.82. The molecule has 0 bridgehead atoms. The molecule has 1 N–H and O–H groups in total. The van der Waals surface area contributed by atoms with Crippen molar-refractivity contribution in [1.29, 1.82) is 0 Å². The minimum absolute atomic E-state index is 0.143. The molecule has 1 aromatic carbocycles. The normalized spacial score (nSPS) is 22.1. The Balaban J connectivity index is 1.95. The molecule has 0 aliphatic carbocycles. The maximum atomic E-state index is 11.4. The minimum atomic E-state index is -2.89. The minimum Gasteiger partial charge on any atom is -0.489 e. The highest BCUT2D eigenvalue weighted by Crippen LogP contribution is 2.23. The zero-order chi connectivity index (χ0) is 15.3. The number of ether oxygens (including phenoxy) is 1. The second kappa shape index (κ2) is 7.27. The molecule has 2 rings (SSSR count). The quantitative estimate of drug-likeness (QED) is 0.841. The van der Waals surface area contributed by atoms with E-state index in [0.29, 0.717) is 12.5 Å². The summed E-state index contributed by atoms with van der Waals surface area (Å²) in [7, 11) is -2.89. The molecule has 1 aliphatic rings. The Labute approximate surface area is 127 Å². The first kappa shape index (κ1) is 16.3. The van der Waals surface area contributed by atoms with Gasteiger partial charge in [0.05, 0.1) is 11.5 Å². The van der Waals surface area contributed by atoms with Crippen LogP contribution in [-0.4, -0.2) is 32.6 Å². The van der Waals surface area contributed by atoms with E-state index >= 15 is 0 Å². The van der Waals surface area contributed by atoms with Crippen LogP contribution >= 0.6 is 0 Å². The van der Waals surface area contributed by atoms with E-state index in [4.69, 9.17) is 4.74 Å². The lowest BCUT2D eigenvalue weighted by Gasteiger charge is -2.18. The first-order valence-corrected chi connectivity index (χ1v) is 9.56. The van der Waals surface area contributed by atoms with E-state index in [1.807, 2.05) is 12.1 Å². The summed E-state index contributed by atoms with van der Waals surface area (Å²) in [6.45, 7) is 5.34. The monoisotopic (exact) mass is 311 g/mol. The van der Waals surface area contributed by atoms with Crippen molar-refractivity contribution in [1.82, 2.24) is 5.32 Å². The van der Waals surface area contributed by atoms with E-state index in [1.165, 1.54) is 5.56 Å². The lowest BCUT2D eigenvalue weighted by Crippen LogP contribution is -2.21. The summed E-state index contributed by atoms with van der Waals surface area (Å²) in [4.78, 5) is 0. The molecule has 1 aromatic rings. The van der Waals surface area contributed by atoms with E-state index in [-0.39, 0.29) is 17.6 Å². The number of hydrogen-bond donors (Lipinski definition) is 1. The molecule has 0 radical (unpaired) electrons. The zero-order valence-corrected chi connectivity index (χ0v) is 13.7. The van der Waals surface area contributed by atoms with Crippen molar-refractivity contribution in [2.75, 3.05) is 18.1 Å². The van der Waals surface area contributed by atoms with Gasteiger partial charge in [0, 0.05) is 6.04 Å². The van der Waals surface area contributed by atoms with Gasteiger partial charge in [-0.15, -0.1) is 0 Å². The van der Waals surface area contributed by atoms with E-state index in [2.05, 4.69) is 31.3 Å². The van der Waals surface area contributed by atoms with Gasteiger partial charge in [-0.1, -0.05) is 26.0 Å². The van der Waals surface area contributed by atoms with Crippen molar-refractivity contribution in [2.45, 2.75) is 45.3 Å². The summed E-state index contributed by atoms with van der Waals surface area (Å²) in [6.07, 6.45) is 2.57. The first-order valence-electron chi connectivity index (χ1n) is 7.74. The van der Waals surface area contributed by atoms with Crippen molar-refractivity contribution < 1.29 is 13.2 Å². The highest BCUT2D eigenvalue weighted by molar-refractivity contribution is 7.91. The Morgan fingerprint density at radius 1 is 1.29 bits per heavy atom. The summed E-state index contributed by atoms with van der Waals surface area (Å²) in [5, 5.41) is 3.52. The van der Waals surface area contributed by atoms with Crippen LogP contribution in [0.3, 0.4) is 0 Å². The SMILES string of the molecule is CCCNC(CC)c1ccc(OC2CCS(=O)(=O)C2)cc1. The maximum absolute atomic E-state index is 11.4. The van der Waals surface area contributed by atoms with Gasteiger partial charge in [0.15, 0.2) is 9.84 Å². The second-order valence-electron chi connectivity index (χ2n) is 5.63. The van der Waals surface area contributed by atoms with Gasteiger partial charge in [-0.2, -0.15) is 0 Å². The number of rotatable bonds is 7. The highest BCUT2D eigenvalue weighted by atomic mass is 32.2. The number of benzene rings is 1. The van der Waals surface area contributed by atoms with Crippen LogP contribution in [0.2, 0.25) is 0 Å². The average Bonchev–Trinajstić information content (AvgIpc) is 2.80. The smallest absolute Gasteiger partial charge is 0.154 e. The van der Waals surface area contributed by atoms with Crippen molar-refractivity contribution in [2.24, 2.45) is 0 Å². The molecule has 0 saturated carbocycles. The van der Waals surface area contributed by atoms with Crippen LogP contribution in [0.5, 0.6) is 5.75 Å². The van der Waals surface area contributed by atoms with Crippen LogP contribution in [0.25, 0.3) is 0 Å². The van der Waals surface area contributed by atoms with Crippen molar-refractivity contribution in [3.05, 3.63) is 29.8 Å². The van der Waals surface area contributed by atoms with E-state index < -0.39 is 9.84 Å². The maximum Gasteiger partial charge on any atom is 0.154 e. The Bertz CT molecular complexity index is 539. The Morgan fingerprint density at radius 2 is 2.00 bits per heavy atom. The fraction of sp³-hybridized carbons (Fsp3) is 0.625. The highest BCUT2D eigenvalue weighted by Gasteiger charge is 2.29. The van der Waals surface area contributed by atoms with Gasteiger partial charge in [0.25, 0.3) is 0 Å². The van der Waals surface area contributed by atoms with E-state index in [9.17, 15) is 8.42 Å². The summed E-state index contributed by atoms with van der Waals surface area (Å²) in [5.41, 5.74) is 1.25. The summed E-state index contributed by atoms with van der Waals surface area (Å²) >= 11 is 0. The van der Waals surface area contributed by atoms with E-state index in [1.54, 1.807) is 0 Å². The molecule has 1 aliphatic heterocycles. The van der Waals surface area contributed by atoms with Gasteiger partial charge >= 0.3 is 0 Å². The van der Waals surface area contributed by atoms with Gasteiger partial charge in [-0.3, -0.25) is 0 Å². The molecule has 0 aromatic heterocycles. The van der Waals surface area contributed by atoms with Crippen LogP contribution in [-0.2, 0) is 9.84 Å². The standard InChI is InChI=1S/C16H25NO3S/c1-3-10-17-16(4-2)13-5-7-14(8-6-13)20-15-9-11-21(18,19)12-15/h5-8,15-17H,3-4,9-12H2,1-2H3. The lowest BCUT2D eigenvalue weighted by atomic mass is 10.0.